The fourth-order valence-corrected chi connectivity index (χ4v) is 3.07. The summed E-state index contributed by atoms with van der Waals surface area (Å²) in [5.74, 6) is 0.927. The number of nitrogens with zero attached hydrogens (tertiary/aromatic N) is 3. The molecule has 1 atom stereocenters. The van der Waals surface area contributed by atoms with Gasteiger partial charge in [-0.25, -0.2) is 9.50 Å². The Morgan fingerprint density at radius 2 is 2.25 bits per heavy atom. The summed E-state index contributed by atoms with van der Waals surface area (Å²) in [4.78, 5) is 17.4. The summed E-state index contributed by atoms with van der Waals surface area (Å²) in [5.41, 5.74) is 4.08. The van der Waals surface area contributed by atoms with Gasteiger partial charge in [0.05, 0.1) is 6.61 Å². The molecular weight excluding hydrogens is 302 g/mol. The second-order valence-corrected chi connectivity index (χ2v) is 6.20. The van der Waals surface area contributed by atoms with Gasteiger partial charge >= 0.3 is 0 Å². The lowest BCUT2D eigenvalue weighted by Crippen LogP contribution is -2.12. The maximum Gasteiger partial charge on any atom is 0.186 e. The number of rotatable bonds is 4. The summed E-state index contributed by atoms with van der Waals surface area (Å²) >= 11 is 0. The highest BCUT2D eigenvalue weighted by Crippen LogP contribution is 2.33. The van der Waals surface area contributed by atoms with Crippen LogP contribution in [0.1, 0.15) is 36.3 Å². The maximum atomic E-state index is 12.8. The summed E-state index contributed by atoms with van der Waals surface area (Å²) in [6.07, 6.45) is 3.39. The molecule has 122 valence electrons. The molecule has 1 aromatic carbocycles. The summed E-state index contributed by atoms with van der Waals surface area (Å²) in [6.45, 7) is 4.67. The predicted molar refractivity (Wildman–Crippen MR) is 91.4 cm³/mol. The van der Waals surface area contributed by atoms with Crippen LogP contribution < -0.4 is 4.74 Å². The van der Waals surface area contributed by atoms with Crippen LogP contribution in [0.2, 0.25) is 0 Å². The lowest BCUT2D eigenvalue weighted by molar-refractivity contribution is 0.0923. The molecule has 1 unspecified atom stereocenters. The third-order valence-corrected chi connectivity index (χ3v) is 4.65. The summed E-state index contributed by atoms with van der Waals surface area (Å²) in [7, 11) is 0. The summed E-state index contributed by atoms with van der Waals surface area (Å²) in [6, 6.07) is 9.75. The third-order valence-electron chi connectivity index (χ3n) is 4.65. The first-order valence-corrected chi connectivity index (χ1v) is 8.33. The van der Waals surface area contributed by atoms with Crippen molar-refractivity contribution in [2.24, 2.45) is 5.92 Å². The number of carbonyl (C=O) groups is 1. The van der Waals surface area contributed by atoms with Crippen molar-refractivity contribution in [3.05, 3.63) is 47.8 Å². The summed E-state index contributed by atoms with van der Waals surface area (Å²) < 4.78 is 7.34. The van der Waals surface area contributed by atoms with E-state index in [1.807, 2.05) is 38.1 Å². The highest BCUT2D eigenvalue weighted by Gasteiger charge is 2.25. The Hall–Kier alpha value is -2.69. The average molecular weight is 321 g/mol. The van der Waals surface area contributed by atoms with Gasteiger partial charge in [0, 0.05) is 24.1 Å². The van der Waals surface area contributed by atoms with Crippen LogP contribution in [-0.2, 0) is 6.42 Å². The highest BCUT2D eigenvalue weighted by atomic mass is 16.5. The molecule has 3 heterocycles. The number of ether oxygens (including phenoxy) is 1. The van der Waals surface area contributed by atoms with Crippen molar-refractivity contribution in [1.29, 1.82) is 0 Å². The van der Waals surface area contributed by atoms with Crippen LogP contribution in [0.15, 0.2) is 36.5 Å². The normalized spacial score (nSPS) is 14.4. The van der Waals surface area contributed by atoms with Crippen molar-refractivity contribution in [3.63, 3.8) is 0 Å². The molecule has 0 spiro atoms. The molecule has 0 aliphatic carbocycles. The minimum atomic E-state index is -0.0635. The van der Waals surface area contributed by atoms with Crippen LogP contribution in [0.3, 0.4) is 0 Å². The molecule has 0 amide bonds. The Kier molecular flexibility index (Phi) is 3.56. The lowest BCUT2D eigenvalue weighted by Gasteiger charge is -2.09. The van der Waals surface area contributed by atoms with Gasteiger partial charge in [0.1, 0.15) is 17.1 Å². The van der Waals surface area contributed by atoms with Gasteiger partial charge in [0.2, 0.25) is 0 Å². The van der Waals surface area contributed by atoms with E-state index in [1.54, 1.807) is 10.7 Å². The third kappa shape index (κ3) is 2.28. The van der Waals surface area contributed by atoms with Gasteiger partial charge in [0.15, 0.2) is 11.4 Å². The van der Waals surface area contributed by atoms with Crippen LogP contribution in [0.4, 0.5) is 0 Å². The van der Waals surface area contributed by atoms with E-state index in [0.29, 0.717) is 17.9 Å². The van der Waals surface area contributed by atoms with Crippen LogP contribution >= 0.6 is 0 Å². The number of fused-ring (bicyclic) bond motifs is 2. The van der Waals surface area contributed by atoms with E-state index in [4.69, 9.17) is 4.74 Å². The Labute approximate surface area is 140 Å². The second kappa shape index (κ2) is 5.74. The number of ketones is 1. The largest absolute Gasteiger partial charge is 0.493 e. The van der Waals surface area contributed by atoms with E-state index < -0.39 is 0 Å². The molecule has 5 nitrogen and oxygen atoms in total. The molecule has 24 heavy (non-hydrogen) atoms. The molecule has 0 radical (unpaired) electrons. The van der Waals surface area contributed by atoms with Gasteiger partial charge in [-0.1, -0.05) is 13.8 Å². The van der Waals surface area contributed by atoms with Crippen LogP contribution in [-0.4, -0.2) is 27.0 Å². The van der Waals surface area contributed by atoms with Crippen LogP contribution in [0, 0.1) is 5.92 Å². The first-order valence-electron chi connectivity index (χ1n) is 8.33. The molecular formula is C19H19N3O2. The van der Waals surface area contributed by atoms with Crippen molar-refractivity contribution >= 4 is 11.4 Å². The fourth-order valence-electron chi connectivity index (χ4n) is 3.07. The Morgan fingerprint density at radius 3 is 3.08 bits per heavy atom. The molecule has 4 rings (SSSR count). The van der Waals surface area contributed by atoms with E-state index in [1.165, 1.54) is 5.56 Å². The first kappa shape index (κ1) is 14.9. The maximum absolute atomic E-state index is 12.8. The number of hydrogen-bond acceptors (Lipinski definition) is 4. The molecule has 2 aromatic heterocycles. The molecule has 1 aliphatic rings. The van der Waals surface area contributed by atoms with E-state index in [-0.39, 0.29) is 11.7 Å². The molecule has 5 heteroatoms. The van der Waals surface area contributed by atoms with Gasteiger partial charge in [-0.05, 0) is 42.3 Å². The van der Waals surface area contributed by atoms with Crippen molar-refractivity contribution in [1.82, 2.24) is 14.6 Å². The summed E-state index contributed by atoms with van der Waals surface area (Å²) in [5, 5.41) is 4.41. The Morgan fingerprint density at radius 1 is 1.38 bits per heavy atom. The molecule has 1 aliphatic heterocycles. The minimum absolute atomic E-state index is 0.0635. The monoisotopic (exact) mass is 321 g/mol. The number of Topliss-reactive ketones (excluding diaryl/α,β-unsaturated/α-hetero) is 1. The number of hydrogen-bond donors (Lipinski definition) is 0. The van der Waals surface area contributed by atoms with Gasteiger partial charge in [-0.2, -0.15) is 5.10 Å². The number of imidazole rings is 1. The van der Waals surface area contributed by atoms with E-state index in [2.05, 4.69) is 16.1 Å². The zero-order valence-electron chi connectivity index (χ0n) is 13.8. The smallest absolute Gasteiger partial charge is 0.186 e. The fraction of sp³-hybridized carbons (Fsp3) is 0.316. The van der Waals surface area contributed by atoms with E-state index >= 15 is 0 Å². The molecule has 0 saturated heterocycles. The first-order chi connectivity index (χ1) is 11.7. The van der Waals surface area contributed by atoms with Crippen LogP contribution in [0.5, 0.6) is 5.75 Å². The van der Waals surface area contributed by atoms with Crippen LogP contribution in [0.25, 0.3) is 16.9 Å². The highest BCUT2D eigenvalue weighted by molar-refractivity contribution is 6.02. The van der Waals surface area contributed by atoms with Crippen molar-refractivity contribution < 1.29 is 9.53 Å². The van der Waals surface area contributed by atoms with Crippen molar-refractivity contribution in [2.75, 3.05) is 6.61 Å². The van der Waals surface area contributed by atoms with Crippen molar-refractivity contribution in [3.8, 4) is 17.0 Å². The topological polar surface area (TPSA) is 56.5 Å². The number of carbonyl (C=O) groups excluding carboxylic acids is 1. The number of benzene rings is 1. The molecule has 3 aromatic rings. The zero-order valence-corrected chi connectivity index (χ0v) is 13.8. The van der Waals surface area contributed by atoms with E-state index in [0.717, 1.165) is 29.8 Å². The number of aromatic nitrogens is 3. The van der Waals surface area contributed by atoms with Gasteiger partial charge in [-0.15, -0.1) is 0 Å². The molecule has 0 fully saturated rings. The van der Waals surface area contributed by atoms with Gasteiger partial charge in [0.25, 0.3) is 0 Å². The second-order valence-electron chi connectivity index (χ2n) is 6.20. The standard InChI is InChI=1S/C19H19N3O2/c1-3-12(2)19(23)17-18(22-16(21-17)5-4-9-20-22)14-6-7-15-13(11-14)8-10-24-15/h4-7,9,11-12H,3,8,10H2,1-2H3. The minimum Gasteiger partial charge on any atom is -0.493 e. The Balaban J connectivity index is 1.94. The zero-order chi connectivity index (χ0) is 16.7. The molecule has 0 bridgehead atoms. The van der Waals surface area contributed by atoms with Gasteiger partial charge in [-0.3, -0.25) is 4.79 Å². The SMILES string of the molecule is CCC(C)C(=O)c1nc2cccnn2c1-c1ccc2c(c1)CCO2. The van der Waals surface area contributed by atoms with Gasteiger partial charge < -0.3 is 4.74 Å². The van der Waals surface area contributed by atoms with Crippen molar-refractivity contribution in [2.45, 2.75) is 26.7 Å². The molecule has 0 N–H and O–H groups in total. The predicted octanol–water partition coefficient (Wildman–Crippen LogP) is 3.56. The average Bonchev–Trinajstić information content (AvgIpc) is 3.23. The quantitative estimate of drug-likeness (QED) is 0.689. The van der Waals surface area contributed by atoms with E-state index in [9.17, 15) is 4.79 Å². The molecule has 0 saturated carbocycles. The lowest BCUT2D eigenvalue weighted by atomic mass is 9.97. The Bertz CT molecular complexity index is 930.